The molecule has 2 N–H and O–H groups in total. The summed E-state index contributed by atoms with van der Waals surface area (Å²) in [6.45, 7) is 4.86. The number of amides is 1. The predicted molar refractivity (Wildman–Crippen MR) is 70.9 cm³/mol. The van der Waals surface area contributed by atoms with Gasteiger partial charge in [-0.15, -0.1) is 0 Å². The zero-order chi connectivity index (χ0) is 13.7. The fraction of sp³-hybridized carbons (Fsp3) is 0.846. The van der Waals surface area contributed by atoms with Crippen molar-refractivity contribution in [2.75, 3.05) is 45.8 Å². The van der Waals surface area contributed by atoms with E-state index in [-0.39, 0.29) is 12.5 Å². The molecular formula is C13H23N3O3. The maximum atomic E-state index is 12.1. The van der Waals surface area contributed by atoms with Gasteiger partial charge in [0.1, 0.15) is 0 Å². The van der Waals surface area contributed by atoms with E-state index in [0.717, 1.165) is 19.5 Å². The van der Waals surface area contributed by atoms with Crippen LogP contribution in [-0.2, 0) is 9.59 Å². The van der Waals surface area contributed by atoms with Crippen LogP contribution in [0.3, 0.4) is 0 Å². The molecule has 0 aromatic heterocycles. The molecule has 2 rings (SSSR count). The van der Waals surface area contributed by atoms with Crippen molar-refractivity contribution in [3.05, 3.63) is 0 Å². The number of carboxylic acids is 1. The number of piperazine rings is 1. The van der Waals surface area contributed by atoms with Crippen LogP contribution in [0.25, 0.3) is 0 Å². The second-order valence-electron chi connectivity index (χ2n) is 5.45. The van der Waals surface area contributed by atoms with Crippen molar-refractivity contribution in [2.24, 2.45) is 5.92 Å². The second-order valence-corrected chi connectivity index (χ2v) is 5.45. The third-order valence-corrected chi connectivity index (χ3v) is 4.01. The highest BCUT2D eigenvalue weighted by Crippen LogP contribution is 2.15. The number of nitrogens with one attached hydrogen (secondary N) is 1. The molecule has 2 heterocycles. The van der Waals surface area contributed by atoms with Crippen LogP contribution in [0.4, 0.5) is 0 Å². The number of carbonyl (C=O) groups excluding carboxylic acids is 1. The molecule has 1 atom stereocenters. The van der Waals surface area contributed by atoms with Crippen molar-refractivity contribution < 1.29 is 14.7 Å². The number of carbonyl (C=O) groups is 2. The molecule has 2 aliphatic rings. The fourth-order valence-corrected chi connectivity index (χ4v) is 2.79. The Balaban J connectivity index is 1.65. The van der Waals surface area contributed by atoms with Crippen LogP contribution in [0.2, 0.25) is 0 Å². The molecule has 0 saturated carbocycles. The van der Waals surface area contributed by atoms with Gasteiger partial charge < -0.3 is 15.3 Å². The molecule has 2 fully saturated rings. The first-order chi connectivity index (χ1) is 9.15. The van der Waals surface area contributed by atoms with Gasteiger partial charge >= 0.3 is 5.97 Å². The molecule has 0 aliphatic carbocycles. The Kier molecular flexibility index (Phi) is 5.15. The van der Waals surface area contributed by atoms with E-state index in [9.17, 15) is 9.59 Å². The Hall–Kier alpha value is -1.14. The van der Waals surface area contributed by atoms with Gasteiger partial charge in [-0.25, -0.2) is 0 Å². The minimum Gasteiger partial charge on any atom is -0.480 e. The molecule has 6 nitrogen and oxygen atoms in total. The van der Waals surface area contributed by atoms with E-state index in [1.54, 1.807) is 0 Å². The summed E-state index contributed by atoms with van der Waals surface area (Å²) in [4.78, 5) is 26.4. The van der Waals surface area contributed by atoms with E-state index >= 15 is 0 Å². The summed E-state index contributed by atoms with van der Waals surface area (Å²) >= 11 is 0. The van der Waals surface area contributed by atoms with Crippen LogP contribution in [0.5, 0.6) is 0 Å². The second kappa shape index (κ2) is 6.86. The lowest BCUT2D eigenvalue weighted by Crippen LogP contribution is -2.49. The molecular weight excluding hydrogens is 246 g/mol. The lowest BCUT2D eigenvalue weighted by Gasteiger charge is -2.34. The fourth-order valence-electron chi connectivity index (χ4n) is 2.79. The van der Waals surface area contributed by atoms with Gasteiger partial charge in [-0.3, -0.25) is 14.5 Å². The third kappa shape index (κ3) is 4.47. The lowest BCUT2D eigenvalue weighted by molar-refractivity contribution is -0.139. The SMILES string of the molecule is O=C(O)CN1CCN(C(=O)CCC2CCNC2)CC1. The molecule has 108 valence electrons. The molecule has 6 heteroatoms. The highest BCUT2D eigenvalue weighted by Gasteiger charge is 2.23. The Labute approximate surface area is 113 Å². The maximum absolute atomic E-state index is 12.1. The minimum atomic E-state index is -0.798. The zero-order valence-corrected chi connectivity index (χ0v) is 11.3. The van der Waals surface area contributed by atoms with Crippen molar-refractivity contribution in [3.63, 3.8) is 0 Å². The van der Waals surface area contributed by atoms with Gasteiger partial charge in [0.25, 0.3) is 0 Å². The van der Waals surface area contributed by atoms with Gasteiger partial charge in [-0.05, 0) is 31.8 Å². The molecule has 1 unspecified atom stereocenters. The van der Waals surface area contributed by atoms with Crippen LogP contribution in [0.1, 0.15) is 19.3 Å². The third-order valence-electron chi connectivity index (χ3n) is 4.01. The Morgan fingerprint density at radius 2 is 1.95 bits per heavy atom. The summed E-state index contributed by atoms with van der Waals surface area (Å²) in [6.07, 6.45) is 2.78. The lowest BCUT2D eigenvalue weighted by atomic mass is 10.0. The Morgan fingerprint density at radius 3 is 2.53 bits per heavy atom. The van der Waals surface area contributed by atoms with Crippen molar-refractivity contribution in [1.29, 1.82) is 0 Å². The number of hydrogen-bond acceptors (Lipinski definition) is 4. The molecule has 0 radical (unpaired) electrons. The molecule has 0 aromatic carbocycles. The molecule has 0 spiro atoms. The van der Waals surface area contributed by atoms with Gasteiger partial charge in [0, 0.05) is 32.6 Å². The van der Waals surface area contributed by atoms with Crippen LogP contribution in [0.15, 0.2) is 0 Å². The number of hydrogen-bond donors (Lipinski definition) is 2. The summed E-state index contributed by atoms with van der Waals surface area (Å²) in [7, 11) is 0. The maximum Gasteiger partial charge on any atom is 0.317 e. The summed E-state index contributed by atoms with van der Waals surface area (Å²) in [5.41, 5.74) is 0. The van der Waals surface area contributed by atoms with E-state index in [1.165, 1.54) is 6.42 Å². The largest absolute Gasteiger partial charge is 0.480 e. The first kappa shape index (κ1) is 14.3. The molecule has 0 aromatic rings. The average molecular weight is 269 g/mol. The summed E-state index contributed by atoms with van der Waals surface area (Å²) < 4.78 is 0. The van der Waals surface area contributed by atoms with Crippen LogP contribution in [0, 0.1) is 5.92 Å². The van der Waals surface area contributed by atoms with E-state index < -0.39 is 5.97 Å². The van der Waals surface area contributed by atoms with E-state index in [1.807, 2.05) is 9.80 Å². The summed E-state index contributed by atoms with van der Waals surface area (Å²) in [5, 5.41) is 12.0. The van der Waals surface area contributed by atoms with E-state index in [0.29, 0.717) is 38.5 Å². The van der Waals surface area contributed by atoms with Gasteiger partial charge in [0.15, 0.2) is 0 Å². The van der Waals surface area contributed by atoms with Crippen molar-refractivity contribution in [1.82, 2.24) is 15.1 Å². The predicted octanol–water partition coefficient (Wildman–Crippen LogP) is -0.395. The normalized spacial score (nSPS) is 24.6. The average Bonchev–Trinajstić information content (AvgIpc) is 2.89. The van der Waals surface area contributed by atoms with Crippen molar-refractivity contribution >= 4 is 11.9 Å². The molecule has 1 amide bonds. The van der Waals surface area contributed by atoms with Gasteiger partial charge in [0.2, 0.25) is 5.91 Å². The molecule has 0 bridgehead atoms. The van der Waals surface area contributed by atoms with E-state index in [2.05, 4.69) is 5.32 Å². The smallest absolute Gasteiger partial charge is 0.317 e. The number of rotatable bonds is 5. The monoisotopic (exact) mass is 269 g/mol. The topological polar surface area (TPSA) is 72.9 Å². The molecule has 2 saturated heterocycles. The first-order valence-electron chi connectivity index (χ1n) is 7.08. The number of carboxylic acid groups (broad SMARTS) is 1. The Bertz CT molecular complexity index is 321. The quantitative estimate of drug-likeness (QED) is 0.711. The van der Waals surface area contributed by atoms with Crippen LogP contribution >= 0.6 is 0 Å². The first-order valence-corrected chi connectivity index (χ1v) is 7.08. The standard InChI is InChI=1S/C13H23N3O3/c17-12(2-1-11-3-4-14-9-11)16-7-5-15(6-8-16)10-13(18)19/h11,14H,1-10H2,(H,18,19). The van der Waals surface area contributed by atoms with E-state index in [4.69, 9.17) is 5.11 Å². The van der Waals surface area contributed by atoms with Crippen LogP contribution in [-0.4, -0.2) is 72.6 Å². The van der Waals surface area contributed by atoms with Gasteiger partial charge in [0.05, 0.1) is 6.54 Å². The van der Waals surface area contributed by atoms with Crippen LogP contribution < -0.4 is 5.32 Å². The minimum absolute atomic E-state index is 0.0791. The highest BCUT2D eigenvalue weighted by atomic mass is 16.4. The number of aliphatic carboxylic acids is 1. The Morgan fingerprint density at radius 1 is 1.21 bits per heavy atom. The molecule has 2 aliphatic heterocycles. The summed E-state index contributed by atoms with van der Waals surface area (Å²) in [6, 6.07) is 0. The highest BCUT2D eigenvalue weighted by molar-refractivity contribution is 5.76. The van der Waals surface area contributed by atoms with Crippen molar-refractivity contribution in [3.8, 4) is 0 Å². The van der Waals surface area contributed by atoms with Gasteiger partial charge in [-0.1, -0.05) is 0 Å². The summed E-state index contributed by atoms with van der Waals surface area (Å²) in [5.74, 6) is 0.0765. The number of nitrogens with zero attached hydrogens (tertiary/aromatic N) is 2. The van der Waals surface area contributed by atoms with Crippen molar-refractivity contribution in [2.45, 2.75) is 19.3 Å². The molecule has 19 heavy (non-hydrogen) atoms. The van der Waals surface area contributed by atoms with Gasteiger partial charge in [-0.2, -0.15) is 0 Å². The zero-order valence-electron chi connectivity index (χ0n) is 11.3.